The van der Waals surface area contributed by atoms with Crippen LogP contribution in [0.25, 0.3) is 38.8 Å². The molecule has 0 bridgehead atoms. The number of ether oxygens (including phenoxy) is 1. The Bertz CT molecular complexity index is 3070. The molecule has 330 valence electrons. The fourth-order valence-electron chi connectivity index (χ4n) is 10.2. The van der Waals surface area contributed by atoms with Crippen LogP contribution in [-0.4, -0.2) is 16.2 Å². The zero-order valence-electron chi connectivity index (χ0n) is 38.2. The van der Waals surface area contributed by atoms with Crippen LogP contribution in [0.3, 0.4) is 0 Å². The number of nitrogens with zero attached hydrogens (tertiary/aromatic N) is 4. The Kier molecular flexibility index (Phi) is 10.7. The largest absolute Gasteiger partial charge is 0.457 e. The summed E-state index contributed by atoms with van der Waals surface area (Å²) >= 11 is 0. The minimum absolute atomic E-state index is 0.00943. The van der Waals surface area contributed by atoms with Gasteiger partial charge in [-0.05, 0) is 131 Å². The molecule has 0 amide bonds. The summed E-state index contributed by atoms with van der Waals surface area (Å²) < 4.78 is 54.0. The molecule has 2 aromatic heterocycles. The predicted molar refractivity (Wildman–Crippen MR) is 261 cm³/mol. The zero-order chi connectivity index (χ0) is 45.3. The van der Waals surface area contributed by atoms with E-state index in [1.165, 1.54) is 24.0 Å². The highest BCUT2D eigenvalue weighted by atomic mass is 19.1. The predicted octanol–water partition coefficient (Wildman–Crippen LogP) is 16.5. The number of benzene rings is 6. The monoisotopic (exact) mass is 868 g/mol. The molecule has 10 rings (SSSR count). The van der Waals surface area contributed by atoms with Crippen LogP contribution in [0.15, 0.2) is 128 Å². The molecule has 2 aliphatic rings. The number of hydrogen-bond donors (Lipinski definition) is 0. The molecule has 3 heterocycles. The van der Waals surface area contributed by atoms with Gasteiger partial charge in [0.2, 0.25) is 0 Å². The fourth-order valence-corrected chi connectivity index (χ4v) is 10.2. The zero-order valence-corrected chi connectivity index (χ0v) is 38.2. The molecule has 8 aromatic rings. The van der Waals surface area contributed by atoms with E-state index >= 15 is 8.78 Å². The van der Waals surface area contributed by atoms with Crippen molar-refractivity contribution in [3.63, 3.8) is 0 Å². The van der Waals surface area contributed by atoms with Gasteiger partial charge < -0.3 is 14.5 Å². The summed E-state index contributed by atoms with van der Waals surface area (Å²) in [6, 6.07) is 39.6. The average Bonchev–Trinajstić information content (AvgIpc) is 4.03. The average molecular weight is 869 g/mol. The molecule has 1 aliphatic carbocycles. The van der Waals surface area contributed by atoms with E-state index in [2.05, 4.69) is 160 Å². The first-order valence-corrected chi connectivity index (χ1v) is 23.0. The summed E-state index contributed by atoms with van der Waals surface area (Å²) in [6.07, 6.45) is 6.58. The Morgan fingerprint density at radius 3 is 1.97 bits per heavy atom. The normalized spacial score (nSPS) is 14.5. The first-order valence-electron chi connectivity index (χ1n) is 23.0. The minimum Gasteiger partial charge on any atom is -0.457 e. The van der Waals surface area contributed by atoms with E-state index < -0.39 is 17.5 Å². The van der Waals surface area contributed by atoms with Crippen LogP contribution in [0.2, 0.25) is 0 Å². The lowest BCUT2D eigenvalue weighted by atomic mass is 9.87. The Morgan fingerprint density at radius 2 is 1.29 bits per heavy atom. The number of aromatic nitrogens is 2. The summed E-state index contributed by atoms with van der Waals surface area (Å²) in [5.41, 5.74) is 10.8. The van der Waals surface area contributed by atoms with Crippen molar-refractivity contribution in [2.75, 3.05) is 16.5 Å². The van der Waals surface area contributed by atoms with Gasteiger partial charge in [-0.2, -0.15) is 0 Å². The van der Waals surface area contributed by atoms with Gasteiger partial charge in [0.25, 0.3) is 0 Å². The summed E-state index contributed by atoms with van der Waals surface area (Å²) in [5, 5.41) is 2.29. The Labute approximate surface area is 380 Å². The molecule has 8 heteroatoms. The van der Waals surface area contributed by atoms with Crippen LogP contribution >= 0.6 is 0 Å². The van der Waals surface area contributed by atoms with Crippen LogP contribution in [0.1, 0.15) is 114 Å². The molecule has 1 saturated carbocycles. The van der Waals surface area contributed by atoms with Gasteiger partial charge in [0.1, 0.15) is 41.4 Å². The van der Waals surface area contributed by atoms with Gasteiger partial charge in [-0.1, -0.05) is 91.6 Å². The van der Waals surface area contributed by atoms with Crippen LogP contribution in [0, 0.1) is 17.5 Å². The molecule has 0 atom stereocenters. The van der Waals surface area contributed by atoms with Crippen molar-refractivity contribution in [2.45, 2.75) is 97.3 Å². The topological polar surface area (TPSA) is 33.5 Å². The van der Waals surface area contributed by atoms with Crippen molar-refractivity contribution in [1.82, 2.24) is 9.55 Å². The van der Waals surface area contributed by atoms with Gasteiger partial charge in [-0.15, -0.1) is 0 Å². The van der Waals surface area contributed by atoms with Gasteiger partial charge in [0.05, 0.1) is 28.0 Å². The van der Waals surface area contributed by atoms with Gasteiger partial charge in [0.15, 0.2) is 0 Å². The number of anilines is 4. The Balaban J connectivity index is 1.08. The van der Waals surface area contributed by atoms with E-state index in [0.717, 1.165) is 98.0 Å². The third-order valence-corrected chi connectivity index (χ3v) is 13.5. The first kappa shape index (κ1) is 42.4. The molecule has 0 saturated heterocycles. The number of fused-ring (bicyclic) bond motifs is 4. The third kappa shape index (κ3) is 7.70. The molecular weight excluding hydrogens is 814 g/mol. The van der Waals surface area contributed by atoms with E-state index in [0.29, 0.717) is 18.2 Å². The van der Waals surface area contributed by atoms with E-state index in [-0.39, 0.29) is 22.8 Å². The molecule has 65 heavy (non-hydrogen) atoms. The lowest BCUT2D eigenvalue weighted by molar-refractivity contribution is 0.481. The maximum absolute atomic E-state index is 15.4. The van der Waals surface area contributed by atoms with E-state index in [1.807, 2.05) is 18.3 Å². The van der Waals surface area contributed by atoms with Gasteiger partial charge in [-0.3, -0.25) is 4.57 Å². The van der Waals surface area contributed by atoms with Crippen LogP contribution in [0.4, 0.5) is 35.9 Å². The quantitative estimate of drug-likeness (QED) is 0.145. The SMILES string of the molecule is CC(C)c1cc(-c2c(F)cc(F)cc2F)cc(C(C)C)c1N1CN(c2cc(Oc3ccc4c5ccccc5n(-c5cc(C(C)(C)C)ccn5)c4c3)cc(C3CCCC3)c2)c2ccccc21. The number of para-hydroxylation sites is 3. The molecule has 0 radical (unpaired) electrons. The summed E-state index contributed by atoms with van der Waals surface area (Å²) in [4.78, 5) is 9.60. The van der Waals surface area contributed by atoms with Gasteiger partial charge in [0, 0.05) is 52.6 Å². The highest BCUT2D eigenvalue weighted by molar-refractivity contribution is 6.09. The number of rotatable bonds is 9. The number of pyridine rings is 1. The molecule has 5 nitrogen and oxygen atoms in total. The maximum atomic E-state index is 15.4. The fraction of sp³-hybridized carbons (Fsp3) is 0.281. The molecule has 0 unspecified atom stereocenters. The van der Waals surface area contributed by atoms with Crippen molar-refractivity contribution in [3.05, 3.63) is 167 Å². The number of hydrogen-bond acceptors (Lipinski definition) is 4. The molecule has 0 spiro atoms. The maximum Gasteiger partial charge on any atom is 0.137 e. The van der Waals surface area contributed by atoms with Crippen molar-refractivity contribution in [3.8, 4) is 28.4 Å². The first-order chi connectivity index (χ1) is 31.2. The molecule has 6 aromatic carbocycles. The molecule has 0 N–H and O–H groups in total. The van der Waals surface area contributed by atoms with Crippen LogP contribution < -0.4 is 14.5 Å². The Hall–Kier alpha value is -6.54. The molecule has 1 fully saturated rings. The smallest absolute Gasteiger partial charge is 0.137 e. The third-order valence-electron chi connectivity index (χ3n) is 13.5. The van der Waals surface area contributed by atoms with Crippen molar-refractivity contribution >= 4 is 44.6 Å². The highest BCUT2D eigenvalue weighted by Crippen LogP contribution is 2.51. The lowest BCUT2D eigenvalue weighted by Gasteiger charge is -2.30. The molecular formula is C57H55F3N4O. The summed E-state index contributed by atoms with van der Waals surface area (Å²) in [7, 11) is 0. The number of halogens is 3. The molecule has 1 aliphatic heterocycles. The van der Waals surface area contributed by atoms with Crippen molar-refractivity contribution < 1.29 is 17.9 Å². The van der Waals surface area contributed by atoms with E-state index in [4.69, 9.17) is 9.72 Å². The van der Waals surface area contributed by atoms with E-state index in [1.54, 1.807) is 0 Å². The summed E-state index contributed by atoms with van der Waals surface area (Å²) in [5.74, 6) is 0.0628. The standard InChI is InChI=1S/C57H55F3N4O/c1-34(2)46-26-38(55-48(59)29-40(58)30-49(55)60)27-47(35(3)4)56(46)63-33-62(51-18-12-13-19-52(51)63)41-24-37(36-14-8-9-15-36)25-43(31-41)65-42-20-21-45-44-16-10-11-17-50(44)64(53(45)32-42)54-28-39(22-23-61-54)57(5,6)7/h10-13,16-32,34-36H,8-9,14-15,33H2,1-7H3. The van der Waals surface area contributed by atoms with Gasteiger partial charge >= 0.3 is 0 Å². The Morgan fingerprint density at radius 1 is 0.646 bits per heavy atom. The second-order valence-electron chi connectivity index (χ2n) is 19.6. The van der Waals surface area contributed by atoms with Crippen molar-refractivity contribution in [2.24, 2.45) is 0 Å². The van der Waals surface area contributed by atoms with Crippen molar-refractivity contribution in [1.29, 1.82) is 0 Å². The highest BCUT2D eigenvalue weighted by Gasteiger charge is 2.33. The van der Waals surface area contributed by atoms with E-state index in [9.17, 15) is 4.39 Å². The summed E-state index contributed by atoms with van der Waals surface area (Å²) in [6.45, 7) is 15.6. The van der Waals surface area contributed by atoms with Crippen LogP contribution in [0.5, 0.6) is 11.5 Å². The lowest BCUT2D eigenvalue weighted by Crippen LogP contribution is -2.26. The second-order valence-corrected chi connectivity index (χ2v) is 19.6. The minimum atomic E-state index is -0.937. The van der Waals surface area contributed by atoms with Crippen LogP contribution in [-0.2, 0) is 5.41 Å². The second kappa shape index (κ2) is 16.5. The van der Waals surface area contributed by atoms with Gasteiger partial charge in [-0.25, -0.2) is 18.2 Å².